The van der Waals surface area contributed by atoms with E-state index in [0.717, 1.165) is 22.9 Å². The fourth-order valence-corrected chi connectivity index (χ4v) is 3.62. The maximum Gasteiger partial charge on any atom is 0.151 e. The van der Waals surface area contributed by atoms with E-state index in [1.54, 1.807) is 0 Å². The predicted octanol–water partition coefficient (Wildman–Crippen LogP) is 5.98. The van der Waals surface area contributed by atoms with Gasteiger partial charge >= 0.3 is 0 Å². The van der Waals surface area contributed by atoms with Crippen LogP contribution in [0.5, 0.6) is 11.5 Å². The molecule has 0 fully saturated rings. The number of benzene rings is 3. The first-order chi connectivity index (χ1) is 11.7. The first-order valence-electron chi connectivity index (χ1n) is 8.50. The summed E-state index contributed by atoms with van der Waals surface area (Å²) in [6.45, 7) is 4.20. The molecule has 5 rings (SSSR count). The molecule has 0 saturated heterocycles. The molecule has 0 spiro atoms. The largest absolute Gasteiger partial charge is 0.453 e. The quantitative estimate of drug-likeness (QED) is 0.429. The van der Waals surface area contributed by atoms with Gasteiger partial charge in [-0.1, -0.05) is 18.2 Å². The van der Waals surface area contributed by atoms with Gasteiger partial charge in [0.25, 0.3) is 0 Å². The molecule has 0 bridgehead atoms. The van der Waals surface area contributed by atoms with Crippen molar-refractivity contribution in [2.24, 2.45) is 0 Å². The van der Waals surface area contributed by atoms with Crippen LogP contribution in [0.1, 0.15) is 22.3 Å². The second kappa shape index (κ2) is 4.88. The van der Waals surface area contributed by atoms with Crippen LogP contribution in [0.2, 0.25) is 0 Å². The normalized spacial score (nSPS) is 14.2. The summed E-state index contributed by atoms with van der Waals surface area (Å²) in [4.78, 5) is 2.33. The standard InChI is InChI=1S/C22H19NO/c1-14-3-9-19-21(11-14)24-22-12-15(2)4-10-20(22)23(19)18-8-7-16-5-6-17(16)13-18/h3-4,7-13H,5-6H2,1-2H3. The Hall–Kier alpha value is -2.74. The molecule has 0 N–H and O–H groups in total. The number of hydrogen-bond donors (Lipinski definition) is 0. The second-order valence-corrected chi connectivity index (χ2v) is 6.83. The zero-order valence-electron chi connectivity index (χ0n) is 14.0. The Kier molecular flexibility index (Phi) is 2.78. The van der Waals surface area contributed by atoms with Crippen LogP contribution < -0.4 is 9.64 Å². The van der Waals surface area contributed by atoms with Crippen LogP contribution in [0.3, 0.4) is 0 Å². The zero-order valence-corrected chi connectivity index (χ0v) is 14.0. The molecule has 1 aliphatic heterocycles. The molecule has 0 saturated carbocycles. The summed E-state index contributed by atoms with van der Waals surface area (Å²) in [6, 6.07) is 19.7. The monoisotopic (exact) mass is 313 g/mol. The van der Waals surface area contributed by atoms with Crippen molar-refractivity contribution in [1.29, 1.82) is 0 Å². The number of aryl methyl sites for hydroxylation is 4. The lowest BCUT2D eigenvalue weighted by molar-refractivity contribution is 0.476. The Labute approximate surface area is 142 Å². The molecule has 0 amide bonds. The maximum absolute atomic E-state index is 6.22. The Morgan fingerprint density at radius 1 is 0.708 bits per heavy atom. The summed E-state index contributed by atoms with van der Waals surface area (Å²) in [5.74, 6) is 1.85. The smallest absolute Gasteiger partial charge is 0.151 e. The van der Waals surface area contributed by atoms with E-state index in [9.17, 15) is 0 Å². The first-order valence-corrected chi connectivity index (χ1v) is 8.50. The van der Waals surface area contributed by atoms with E-state index < -0.39 is 0 Å². The highest BCUT2D eigenvalue weighted by atomic mass is 16.5. The number of ether oxygens (including phenoxy) is 1. The Balaban J connectivity index is 1.74. The van der Waals surface area contributed by atoms with Crippen molar-refractivity contribution < 1.29 is 4.74 Å². The highest BCUT2D eigenvalue weighted by Gasteiger charge is 2.27. The SMILES string of the molecule is Cc1ccc2c(c1)Oc1cc(C)ccc1N2c1ccc2c(c1)CC2. The molecule has 118 valence electrons. The third-order valence-electron chi connectivity index (χ3n) is 5.04. The summed E-state index contributed by atoms with van der Waals surface area (Å²) in [7, 11) is 0. The summed E-state index contributed by atoms with van der Waals surface area (Å²) >= 11 is 0. The molecule has 0 aromatic heterocycles. The minimum Gasteiger partial charge on any atom is -0.453 e. The van der Waals surface area contributed by atoms with Gasteiger partial charge in [0, 0.05) is 5.69 Å². The van der Waals surface area contributed by atoms with Crippen molar-refractivity contribution in [3.8, 4) is 11.5 Å². The molecule has 3 aromatic rings. The van der Waals surface area contributed by atoms with Crippen molar-refractivity contribution in [1.82, 2.24) is 0 Å². The Bertz CT molecular complexity index is 922. The molecular weight excluding hydrogens is 294 g/mol. The third kappa shape index (κ3) is 1.96. The van der Waals surface area contributed by atoms with Gasteiger partial charge in [-0.25, -0.2) is 0 Å². The lowest BCUT2D eigenvalue weighted by Gasteiger charge is -2.34. The zero-order chi connectivity index (χ0) is 16.3. The molecule has 0 radical (unpaired) electrons. The maximum atomic E-state index is 6.22. The van der Waals surface area contributed by atoms with Crippen LogP contribution in [0.15, 0.2) is 54.6 Å². The van der Waals surface area contributed by atoms with E-state index in [1.165, 1.54) is 40.8 Å². The van der Waals surface area contributed by atoms with Gasteiger partial charge in [0.05, 0.1) is 11.4 Å². The van der Waals surface area contributed by atoms with Gasteiger partial charge in [-0.3, -0.25) is 0 Å². The molecule has 0 atom stereocenters. The van der Waals surface area contributed by atoms with Gasteiger partial charge in [-0.2, -0.15) is 0 Å². The summed E-state index contributed by atoms with van der Waals surface area (Å²) < 4.78 is 6.22. The molecule has 1 heterocycles. The van der Waals surface area contributed by atoms with E-state index in [-0.39, 0.29) is 0 Å². The molecule has 3 aromatic carbocycles. The highest BCUT2D eigenvalue weighted by Crippen LogP contribution is 2.51. The van der Waals surface area contributed by atoms with E-state index >= 15 is 0 Å². The van der Waals surface area contributed by atoms with E-state index in [1.807, 2.05) is 0 Å². The van der Waals surface area contributed by atoms with Crippen molar-refractivity contribution in [3.63, 3.8) is 0 Å². The van der Waals surface area contributed by atoms with Crippen LogP contribution in [-0.4, -0.2) is 0 Å². The number of anilines is 3. The topological polar surface area (TPSA) is 12.5 Å². The molecule has 2 nitrogen and oxygen atoms in total. The Morgan fingerprint density at radius 3 is 1.88 bits per heavy atom. The average molecular weight is 313 g/mol. The van der Waals surface area contributed by atoms with E-state index in [4.69, 9.17) is 4.74 Å². The lowest BCUT2D eigenvalue weighted by atomic mass is 9.88. The number of hydrogen-bond acceptors (Lipinski definition) is 2. The van der Waals surface area contributed by atoms with Crippen LogP contribution in [-0.2, 0) is 12.8 Å². The van der Waals surface area contributed by atoms with Crippen LogP contribution in [0, 0.1) is 13.8 Å². The van der Waals surface area contributed by atoms with Gasteiger partial charge < -0.3 is 9.64 Å². The van der Waals surface area contributed by atoms with E-state index in [2.05, 4.69) is 73.3 Å². The lowest BCUT2D eigenvalue weighted by Crippen LogP contribution is -2.17. The van der Waals surface area contributed by atoms with Crippen molar-refractivity contribution in [3.05, 3.63) is 76.9 Å². The van der Waals surface area contributed by atoms with Crippen molar-refractivity contribution in [2.45, 2.75) is 26.7 Å². The van der Waals surface area contributed by atoms with Crippen molar-refractivity contribution in [2.75, 3.05) is 4.90 Å². The fraction of sp³-hybridized carbons (Fsp3) is 0.182. The molecule has 2 aliphatic rings. The molecule has 2 heteroatoms. The van der Waals surface area contributed by atoms with E-state index in [0.29, 0.717) is 0 Å². The summed E-state index contributed by atoms with van der Waals surface area (Å²) in [5, 5.41) is 0. The third-order valence-corrected chi connectivity index (χ3v) is 5.04. The van der Waals surface area contributed by atoms with Gasteiger partial charge in [-0.05, 0) is 85.3 Å². The fourth-order valence-electron chi connectivity index (χ4n) is 3.62. The number of nitrogens with zero attached hydrogens (tertiary/aromatic N) is 1. The van der Waals surface area contributed by atoms with Crippen LogP contribution in [0.25, 0.3) is 0 Å². The van der Waals surface area contributed by atoms with Crippen molar-refractivity contribution >= 4 is 17.1 Å². The minimum atomic E-state index is 0.927. The molecular formula is C22H19NO. The highest BCUT2D eigenvalue weighted by molar-refractivity contribution is 5.86. The average Bonchev–Trinajstić information content (AvgIpc) is 2.54. The minimum absolute atomic E-state index is 0.927. The molecule has 24 heavy (non-hydrogen) atoms. The second-order valence-electron chi connectivity index (χ2n) is 6.83. The van der Waals surface area contributed by atoms with Crippen LogP contribution in [0.4, 0.5) is 17.1 Å². The van der Waals surface area contributed by atoms with Gasteiger partial charge in [0.15, 0.2) is 11.5 Å². The molecule has 0 unspecified atom stereocenters. The van der Waals surface area contributed by atoms with Gasteiger partial charge in [0.1, 0.15) is 0 Å². The van der Waals surface area contributed by atoms with Crippen LogP contribution >= 0.6 is 0 Å². The summed E-state index contributed by atoms with van der Waals surface area (Å²) in [5.41, 5.74) is 8.81. The predicted molar refractivity (Wildman–Crippen MR) is 98.1 cm³/mol. The molecule has 1 aliphatic carbocycles. The summed E-state index contributed by atoms with van der Waals surface area (Å²) in [6.07, 6.45) is 2.40. The number of rotatable bonds is 1. The van der Waals surface area contributed by atoms with Gasteiger partial charge in [0.2, 0.25) is 0 Å². The van der Waals surface area contributed by atoms with Gasteiger partial charge in [-0.15, -0.1) is 0 Å². The number of fused-ring (bicyclic) bond motifs is 3. The first kappa shape index (κ1) is 13.7. The Morgan fingerprint density at radius 2 is 1.33 bits per heavy atom.